The lowest BCUT2D eigenvalue weighted by Crippen LogP contribution is -2.45. The number of nitrogens with two attached hydrogens (primary N) is 1. The topological polar surface area (TPSA) is 29.3 Å². The number of fused-ring (bicyclic) bond motifs is 1. The van der Waals surface area contributed by atoms with Gasteiger partial charge in [0.05, 0.1) is 0 Å². The third-order valence-electron chi connectivity index (χ3n) is 5.14. The van der Waals surface area contributed by atoms with E-state index in [1.807, 2.05) is 0 Å². The van der Waals surface area contributed by atoms with Crippen molar-refractivity contribution in [3.8, 4) is 0 Å². The minimum Gasteiger partial charge on any atom is -0.323 e. The first-order valence-electron chi connectivity index (χ1n) is 8.13. The summed E-state index contributed by atoms with van der Waals surface area (Å²) in [6.07, 6.45) is 2.65. The molecule has 0 bridgehead atoms. The van der Waals surface area contributed by atoms with E-state index in [4.69, 9.17) is 5.73 Å². The fourth-order valence-electron chi connectivity index (χ4n) is 3.48. The first kappa shape index (κ1) is 14.6. The van der Waals surface area contributed by atoms with Crippen LogP contribution in [-0.4, -0.2) is 24.0 Å². The molecule has 3 rings (SSSR count). The highest BCUT2D eigenvalue weighted by Gasteiger charge is 2.26. The zero-order valence-corrected chi connectivity index (χ0v) is 13.1. The number of nitrogens with zero attached hydrogens (tertiary/aromatic N) is 1. The SMILES string of the molecule is CC1CCCN(CC(N)c2ccc3ccccc3c2)C1C. The molecule has 0 radical (unpaired) electrons. The Morgan fingerprint density at radius 2 is 1.90 bits per heavy atom. The molecule has 2 nitrogen and oxygen atoms in total. The molecule has 2 aromatic carbocycles. The molecule has 112 valence electrons. The van der Waals surface area contributed by atoms with Gasteiger partial charge in [-0.1, -0.05) is 43.3 Å². The first-order valence-corrected chi connectivity index (χ1v) is 8.13. The molecule has 3 unspecified atom stereocenters. The zero-order chi connectivity index (χ0) is 14.8. The second-order valence-electron chi connectivity index (χ2n) is 6.57. The molecule has 0 aromatic heterocycles. The Balaban J connectivity index is 1.75. The molecular formula is C19H26N2. The molecule has 2 N–H and O–H groups in total. The van der Waals surface area contributed by atoms with Crippen LogP contribution in [0.1, 0.15) is 38.3 Å². The summed E-state index contributed by atoms with van der Waals surface area (Å²) in [5, 5.41) is 2.57. The molecule has 0 amide bonds. The third kappa shape index (κ3) is 3.12. The van der Waals surface area contributed by atoms with Gasteiger partial charge >= 0.3 is 0 Å². The quantitative estimate of drug-likeness (QED) is 0.923. The van der Waals surface area contributed by atoms with E-state index in [0.29, 0.717) is 6.04 Å². The van der Waals surface area contributed by atoms with Crippen molar-refractivity contribution >= 4 is 10.8 Å². The second kappa shape index (κ2) is 6.17. The van der Waals surface area contributed by atoms with E-state index >= 15 is 0 Å². The summed E-state index contributed by atoms with van der Waals surface area (Å²) in [6.45, 7) is 6.85. The lowest BCUT2D eigenvalue weighted by molar-refractivity contribution is 0.107. The van der Waals surface area contributed by atoms with Gasteiger partial charge in [0.15, 0.2) is 0 Å². The lowest BCUT2D eigenvalue weighted by atomic mass is 9.91. The van der Waals surface area contributed by atoms with Gasteiger partial charge in [0.25, 0.3) is 0 Å². The van der Waals surface area contributed by atoms with E-state index in [1.165, 1.54) is 35.7 Å². The van der Waals surface area contributed by atoms with Crippen molar-refractivity contribution in [3.05, 3.63) is 48.0 Å². The maximum Gasteiger partial charge on any atom is 0.0424 e. The number of hydrogen-bond acceptors (Lipinski definition) is 2. The van der Waals surface area contributed by atoms with Crippen molar-refractivity contribution in [2.24, 2.45) is 11.7 Å². The molecule has 1 heterocycles. The number of benzene rings is 2. The van der Waals surface area contributed by atoms with E-state index in [2.05, 4.69) is 61.2 Å². The molecule has 21 heavy (non-hydrogen) atoms. The molecule has 1 aliphatic rings. The van der Waals surface area contributed by atoms with Gasteiger partial charge in [-0.2, -0.15) is 0 Å². The van der Waals surface area contributed by atoms with Gasteiger partial charge in [-0.05, 0) is 54.6 Å². The van der Waals surface area contributed by atoms with E-state index < -0.39 is 0 Å². The normalized spacial score (nSPS) is 25.1. The van der Waals surface area contributed by atoms with Crippen LogP contribution in [0.2, 0.25) is 0 Å². The van der Waals surface area contributed by atoms with Crippen LogP contribution in [0.15, 0.2) is 42.5 Å². The molecule has 1 aliphatic heterocycles. The van der Waals surface area contributed by atoms with Crippen molar-refractivity contribution in [1.82, 2.24) is 4.90 Å². The Morgan fingerprint density at radius 1 is 1.14 bits per heavy atom. The molecule has 0 spiro atoms. The fourth-order valence-corrected chi connectivity index (χ4v) is 3.48. The molecule has 0 saturated carbocycles. The summed E-state index contributed by atoms with van der Waals surface area (Å²) in [7, 11) is 0. The smallest absolute Gasteiger partial charge is 0.0424 e. The first-order chi connectivity index (χ1) is 10.1. The molecule has 2 heteroatoms. The van der Waals surface area contributed by atoms with Gasteiger partial charge in [-0.15, -0.1) is 0 Å². The van der Waals surface area contributed by atoms with Crippen LogP contribution in [0.5, 0.6) is 0 Å². The van der Waals surface area contributed by atoms with Crippen molar-refractivity contribution < 1.29 is 0 Å². The largest absolute Gasteiger partial charge is 0.323 e. The molecule has 1 saturated heterocycles. The van der Waals surface area contributed by atoms with Crippen molar-refractivity contribution in [2.45, 2.75) is 38.8 Å². The van der Waals surface area contributed by atoms with Crippen LogP contribution in [-0.2, 0) is 0 Å². The predicted octanol–water partition coefficient (Wildman–Crippen LogP) is 3.96. The lowest BCUT2D eigenvalue weighted by Gasteiger charge is -2.39. The summed E-state index contributed by atoms with van der Waals surface area (Å²) in [5.74, 6) is 0.780. The molecule has 2 aromatic rings. The average molecular weight is 282 g/mol. The maximum atomic E-state index is 6.48. The van der Waals surface area contributed by atoms with Crippen LogP contribution < -0.4 is 5.73 Å². The summed E-state index contributed by atoms with van der Waals surface area (Å²) in [6, 6.07) is 15.9. The molecule has 1 fully saturated rings. The Labute approximate surface area is 127 Å². The van der Waals surface area contributed by atoms with Crippen LogP contribution in [0.4, 0.5) is 0 Å². The van der Waals surface area contributed by atoms with Crippen LogP contribution in [0, 0.1) is 5.92 Å². The van der Waals surface area contributed by atoms with E-state index in [-0.39, 0.29) is 6.04 Å². The molecule has 0 aliphatic carbocycles. The molecular weight excluding hydrogens is 256 g/mol. The van der Waals surface area contributed by atoms with Crippen molar-refractivity contribution in [1.29, 1.82) is 0 Å². The van der Waals surface area contributed by atoms with Gasteiger partial charge in [-0.25, -0.2) is 0 Å². The average Bonchev–Trinajstić information content (AvgIpc) is 2.51. The highest BCUT2D eigenvalue weighted by atomic mass is 15.2. The minimum absolute atomic E-state index is 0.0994. The number of likely N-dealkylation sites (tertiary alicyclic amines) is 1. The Bertz CT molecular complexity index is 607. The van der Waals surface area contributed by atoms with E-state index in [1.54, 1.807) is 0 Å². The van der Waals surface area contributed by atoms with Crippen molar-refractivity contribution in [2.75, 3.05) is 13.1 Å². The highest BCUT2D eigenvalue weighted by Crippen LogP contribution is 2.26. The van der Waals surface area contributed by atoms with Gasteiger partial charge in [0, 0.05) is 18.6 Å². The summed E-state index contributed by atoms with van der Waals surface area (Å²) < 4.78 is 0. The Kier molecular flexibility index (Phi) is 4.27. The Morgan fingerprint density at radius 3 is 2.71 bits per heavy atom. The minimum atomic E-state index is 0.0994. The Hall–Kier alpha value is -1.38. The van der Waals surface area contributed by atoms with Gasteiger partial charge in [-0.3, -0.25) is 4.90 Å². The van der Waals surface area contributed by atoms with Crippen LogP contribution in [0.25, 0.3) is 10.8 Å². The third-order valence-corrected chi connectivity index (χ3v) is 5.14. The van der Waals surface area contributed by atoms with Gasteiger partial charge in [0.2, 0.25) is 0 Å². The number of rotatable bonds is 3. The zero-order valence-electron chi connectivity index (χ0n) is 13.1. The molecule has 3 atom stereocenters. The summed E-state index contributed by atoms with van der Waals surface area (Å²) >= 11 is 0. The second-order valence-corrected chi connectivity index (χ2v) is 6.57. The number of hydrogen-bond donors (Lipinski definition) is 1. The van der Waals surface area contributed by atoms with E-state index in [9.17, 15) is 0 Å². The maximum absolute atomic E-state index is 6.48. The number of piperidine rings is 1. The van der Waals surface area contributed by atoms with E-state index in [0.717, 1.165) is 12.5 Å². The van der Waals surface area contributed by atoms with Gasteiger partial charge in [0.1, 0.15) is 0 Å². The summed E-state index contributed by atoms with van der Waals surface area (Å²) in [4.78, 5) is 2.56. The van der Waals surface area contributed by atoms with Crippen molar-refractivity contribution in [3.63, 3.8) is 0 Å². The highest BCUT2D eigenvalue weighted by molar-refractivity contribution is 5.83. The van der Waals surface area contributed by atoms with Crippen LogP contribution in [0.3, 0.4) is 0 Å². The predicted molar refractivity (Wildman–Crippen MR) is 90.3 cm³/mol. The standard InChI is InChI=1S/C19H26N2/c1-14-6-5-11-21(15(14)2)13-19(20)18-10-9-16-7-3-4-8-17(16)12-18/h3-4,7-10,12,14-15,19H,5-6,11,13,20H2,1-2H3. The summed E-state index contributed by atoms with van der Waals surface area (Å²) in [5.41, 5.74) is 7.73. The van der Waals surface area contributed by atoms with Crippen LogP contribution >= 0.6 is 0 Å². The monoisotopic (exact) mass is 282 g/mol. The fraction of sp³-hybridized carbons (Fsp3) is 0.474. The van der Waals surface area contributed by atoms with Gasteiger partial charge < -0.3 is 5.73 Å².